The van der Waals surface area contributed by atoms with Crippen molar-refractivity contribution in [2.24, 2.45) is 0 Å². The Kier molecular flexibility index (Phi) is 5.24. The van der Waals surface area contributed by atoms with Crippen molar-refractivity contribution in [2.45, 2.75) is 6.61 Å². The Morgan fingerprint density at radius 2 is 1.82 bits per heavy atom. The van der Waals surface area contributed by atoms with Crippen LogP contribution >= 0.6 is 23.2 Å². The average Bonchev–Trinajstić information content (AvgIpc) is 2.74. The Labute approximate surface area is 171 Å². The minimum Gasteiger partial charge on any atom is -0.457 e. The van der Waals surface area contributed by atoms with Crippen molar-refractivity contribution in [2.75, 3.05) is 0 Å². The SMILES string of the molecule is O=C(OCc1ccc(Cl)c(Cl)c1)c1cc(-c2cccnc2)nc2ccccc12. The molecule has 4 nitrogen and oxygen atoms in total. The van der Waals surface area contributed by atoms with Gasteiger partial charge in [0.1, 0.15) is 6.61 Å². The van der Waals surface area contributed by atoms with Gasteiger partial charge in [-0.05, 0) is 42.0 Å². The highest BCUT2D eigenvalue weighted by Gasteiger charge is 2.15. The van der Waals surface area contributed by atoms with Crippen LogP contribution in [-0.4, -0.2) is 15.9 Å². The molecule has 0 saturated carbocycles. The fraction of sp³-hybridized carbons (Fsp3) is 0.0455. The summed E-state index contributed by atoms with van der Waals surface area (Å²) in [5, 5.41) is 1.61. The normalized spacial score (nSPS) is 10.8. The predicted molar refractivity (Wildman–Crippen MR) is 111 cm³/mol. The van der Waals surface area contributed by atoms with Crippen LogP contribution in [0.25, 0.3) is 22.2 Å². The standard InChI is InChI=1S/C22H14Cl2N2O2/c23-18-8-7-14(10-19(18)24)13-28-22(27)17-11-21(15-4-3-9-25-12-15)26-20-6-2-1-5-16(17)20/h1-12H,13H2. The molecule has 0 amide bonds. The minimum absolute atomic E-state index is 0.0919. The lowest BCUT2D eigenvalue weighted by Gasteiger charge is -2.10. The molecule has 0 radical (unpaired) electrons. The number of para-hydroxylation sites is 1. The van der Waals surface area contributed by atoms with Crippen LogP contribution in [0, 0.1) is 0 Å². The maximum Gasteiger partial charge on any atom is 0.339 e. The van der Waals surface area contributed by atoms with Crippen molar-refractivity contribution >= 4 is 40.1 Å². The zero-order valence-corrected chi connectivity index (χ0v) is 16.1. The number of carbonyl (C=O) groups is 1. The van der Waals surface area contributed by atoms with E-state index in [2.05, 4.69) is 9.97 Å². The van der Waals surface area contributed by atoms with E-state index in [4.69, 9.17) is 27.9 Å². The summed E-state index contributed by atoms with van der Waals surface area (Å²) in [6.45, 7) is 0.0919. The smallest absolute Gasteiger partial charge is 0.339 e. The number of benzene rings is 2. The summed E-state index contributed by atoms with van der Waals surface area (Å²) in [5.41, 5.74) is 3.41. The van der Waals surface area contributed by atoms with Crippen molar-refractivity contribution in [1.29, 1.82) is 0 Å². The van der Waals surface area contributed by atoms with E-state index in [0.29, 0.717) is 26.8 Å². The molecule has 138 valence electrons. The second kappa shape index (κ2) is 7.97. The second-order valence-electron chi connectivity index (χ2n) is 6.14. The van der Waals surface area contributed by atoms with Crippen molar-refractivity contribution < 1.29 is 9.53 Å². The quantitative estimate of drug-likeness (QED) is 0.390. The molecule has 0 aliphatic carbocycles. The van der Waals surface area contributed by atoms with Crippen LogP contribution < -0.4 is 0 Å². The van der Waals surface area contributed by atoms with E-state index < -0.39 is 5.97 Å². The van der Waals surface area contributed by atoms with Crippen molar-refractivity contribution in [3.05, 3.63) is 94.2 Å². The zero-order chi connectivity index (χ0) is 19.5. The monoisotopic (exact) mass is 408 g/mol. The van der Waals surface area contributed by atoms with Crippen molar-refractivity contribution in [1.82, 2.24) is 9.97 Å². The number of carbonyl (C=O) groups excluding carboxylic acids is 1. The van der Waals surface area contributed by atoms with Gasteiger partial charge >= 0.3 is 5.97 Å². The van der Waals surface area contributed by atoms with Crippen molar-refractivity contribution in [3.8, 4) is 11.3 Å². The number of halogens is 2. The van der Waals surface area contributed by atoms with Crippen LogP contribution in [-0.2, 0) is 11.3 Å². The Morgan fingerprint density at radius 1 is 0.964 bits per heavy atom. The molecular weight excluding hydrogens is 395 g/mol. The van der Waals surface area contributed by atoms with Crippen LogP contribution in [0.3, 0.4) is 0 Å². The van der Waals surface area contributed by atoms with E-state index in [0.717, 1.165) is 16.5 Å². The number of aromatic nitrogens is 2. The number of esters is 1. The molecule has 0 atom stereocenters. The lowest BCUT2D eigenvalue weighted by molar-refractivity contribution is 0.0475. The molecular formula is C22H14Cl2N2O2. The van der Waals surface area contributed by atoms with Crippen LogP contribution in [0.2, 0.25) is 10.0 Å². The third-order valence-corrected chi connectivity index (χ3v) is 4.99. The molecule has 0 spiro atoms. The van der Waals surface area contributed by atoms with Gasteiger partial charge in [0.05, 0.1) is 26.8 Å². The number of ether oxygens (including phenoxy) is 1. The first-order valence-corrected chi connectivity index (χ1v) is 9.28. The van der Waals surface area contributed by atoms with Crippen LogP contribution in [0.4, 0.5) is 0 Å². The van der Waals surface area contributed by atoms with Gasteiger partial charge in [0.25, 0.3) is 0 Å². The maximum absolute atomic E-state index is 12.8. The molecule has 0 aliphatic heterocycles. The van der Waals surface area contributed by atoms with Crippen molar-refractivity contribution in [3.63, 3.8) is 0 Å². The Morgan fingerprint density at radius 3 is 2.61 bits per heavy atom. The summed E-state index contributed by atoms with van der Waals surface area (Å²) in [4.78, 5) is 21.6. The zero-order valence-electron chi connectivity index (χ0n) is 14.6. The van der Waals surface area contributed by atoms with E-state index in [1.54, 1.807) is 36.7 Å². The summed E-state index contributed by atoms with van der Waals surface area (Å²) >= 11 is 12.0. The highest BCUT2D eigenvalue weighted by molar-refractivity contribution is 6.42. The molecule has 4 aromatic rings. The van der Waals surface area contributed by atoms with Gasteiger partial charge in [-0.15, -0.1) is 0 Å². The lowest BCUT2D eigenvalue weighted by atomic mass is 10.1. The van der Waals surface area contributed by atoms with E-state index in [1.807, 2.05) is 36.4 Å². The maximum atomic E-state index is 12.8. The summed E-state index contributed by atoms with van der Waals surface area (Å²) in [5.74, 6) is -0.435. The molecule has 0 unspecified atom stereocenters. The number of rotatable bonds is 4. The van der Waals surface area contributed by atoms with Gasteiger partial charge in [0, 0.05) is 23.3 Å². The Hall–Kier alpha value is -2.95. The molecule has 4 rings (SSSR count). The van der Waals surface area contributed by atoms with Gasteiger partial charge in [-0.1, -0.05) is 47.5 Å². The highest BCUT2D eigenvalue weighted by Crippen LogP contribution is 2.26. The summed E-state index contributed by atoms with van der Waals surface area (Å²) in [6.07, 6.45) is 3.40. The molecule has 0 fully saturated rings. The van der Waals surface area contributed by atoms with Gasteiger partial charge in [-0.3, -0.25) is 4.98 Å². The summed E-state index contributed by atoms with van der Waals surface area (Å²) in [7, 11) is 0. The largest absolute Gasteiger partial charge is 0.457 e. The average molecular weight is 409 g/mol. The van der Waals surface area contributed by atoms with Crippen LogP contribution in [0.15, 0.2) is 73.1 Å². The van der Waals surface area contributed by atoms with Crippen LogP contribution in [0.5, 0.6) is 0 Å². The molecule has 2 aromatic heterocycles. The number of hydrogen-bond donors (Lipinski definition) is 0. The fourth-order valence-electron chi connectivity index (χ4n) is 2.86. The summed E-state index contributed by atoms with van der Waals surface area (Å²) in [6, 6.07) is 18.1. The van der Waals surface area contributed by atoms with Gasteiger partial charge in [0.15, 0.2) is 0 Å². The minimum atomic E-state index is -0.435. The Bertz CT molecular complexity index is 1160. The third-order valence-electron chi connectivity index (χ3n) is 4.25. The van der Waals surface area contributed by atoms with Gasteiger partial charge in [-0.25, -0.2) is 9.78 Å². The molecule has 0 bridgehead atoms. The molecule has 2 heterocycles. The van der Waals surface area contributed by atoms with Crippen LogP contribution in [0.1, 0.15) is 15.9 Å². The Balaban J connectivity index is 1.68. The van der Waals surface area contributed by atoms with E-state index in [-0.39, 0.29) is 6.61 Å². The third kappa shape index (κ3) is 3.84. The first-order valence-electron chi connectivity index (χ1n) is 8.53. The number of hydrogen-bond acceptors (Lipinski definition) is 4. The first kappa shape index (κ1) is 18.4. The molecule has 0 saturated heterocycles. The molecule has 0 N–H and O–H groups in total. The number of fused-ring (bicyclic) bond motifs is 1. The lowest BCUT2D eigenvalue weighted by Crippen LogP contribution is -2.07. The second-order valence-corrected chi connectivity index (χ2v) is 6.95. The first-order chi connectivity index (χ1) is 13.6. The van der Waals surface area contributed by atoms with Gasteiger partial charge < -0.3 is 4.74 Å². The summed E-state index contributed by atoms with van der Waals surface area (Å²) < 4.78 is 5.52. The van der Waals surface area contributed by atoms with E-state index >= 15 is 0 Å². The van der Waals surface area contributed by atoms with Gasteiger partial charge in [0.2, 0.25) is 0 Å². The highest BCUT2D eigenvalue weighted by atomic mass is 35.5. The van der Waals surface area contributed by atoms with E-state index in [9.17, 15) is 4.79 Å². The topological polar surface area (TPSA) is 52.1 Å². The molecule has 6 heteroatoms. The van der Waals surface area contributed by atoms with Gasteiger partial charge in [-0.2, -0.15) is 0 Å². The molecule has 2 aromatic carbocycles. The van der Waals surface area contributed by atoms with E-state index in [1.165, 1.54) is 0 Å². The predicted octanol–water partition coefficient (Wildman–Crippen LogP) is 5.96. The fourth-order valence-corrected chi connectivity index (χ4v) is 3.18. The number of pyridine rings is 2. The molecule has 28 heavy (non-hydrogen) atoms. The molecule has 0 aliphatic rings. The number of nitrogens with zero attached hydrogens (tertiary/aromatic N) is 2.